The number of likely N-dealkylation sites (tertiary alicyclic amines) is 1. The molecule has 0 saturated carbocycles. The Kier molecular flexibility index (Phi) is 30.7. The number of nitrogens with two attached hydrogens (primary N) is 2. The first-order valence-corrected chi connectivity index (χ1v) is 34.0. The molecule has 95 heavy (non-hydrogen) atoms. The second kappa shape index (κ2) is 37.4. The van der Waals surface area contributed by atoms with Crippen molar-refractivity contribution in [1.29, 1.82) is 0 Å². The SMILES string of the molecule is CC[C@H](C)[C@@H]([C@@H](CC(=O)N1CCC[C@H]1[C@H](OC)[C@@H](C)C(=S)N[C@@H](Cc1ccccc1)c1nccs1)OC)N(C)C(=O)[C@@H](NC(=O)C(C)(C)NC(=O)OCc1ccc(N(C(=O)[C@@H](NC(=O)CCCCCN2C(=O)C=CC2=O)C(C)C)[C@@H](CCCNC(N)=O)C(N)=O)cc1)C(C)C. The van der Waals surface area contributed by atoms with E-state index in [2.05, 4.69) is 43.7 Å². The third-order valence-corrected chi connectivity index (χ3v) is 19.0. The first-order chi connectivity index (χ1) is 45.0. The monoisotopic (exact) mass is 1360 g/mol. The maximum absolute atomic E-state index is 14.8. The van der Waals surface area contributed by atoms with Gasteiger partial charge in [0.2, 0.25) is 29.5 Å². The van der Waals surface area contributed by atoms with E-state index in [1.165, 1.54) is 50.1 Å². The molecule has 2 aromatic carbocycles. The third kappa shape index (κ3) is 22.4. The fourth-order valence-electron chi connectivity index (χ4n) is 12.0. The molecule has 1 fully saturated rings. The molecule has 2 aliphatic heterocycles. The summed E-state index contributed by atoms with van der Waals surface area (Å²) < 4.78 is 17.9. The minimum absolute atomic E-state index is 0.00256. The highest BCUT2D eigenvalue weighted by Crippen LogP contribution is 2.32. The maximum atomic E-state index is 14.8. The topological polar surface area (TPSA) is 336 Å². The molecule has 0 spiro atoms. The quantitative estimate of drug-likeness (QED) is 0.0186. The van der Waals surface area contributed by atoms with E-state index in [0.717, 1.165) is 21.9 Å². The number of unbranched alkanes of at least 4 members (excludes halogenated alkanes) is 2. The van der Waals surface area contributed by atoms with Crippen LogP contribution in [0.1, 0.15) is 149 Å². The number of carbonyl (C=O) groups is 10. The zero-order valence-electron chi connectivity index (χ0n) is 57.1. The number of nitrogens with one attached hydrogen (secondary N) is 5. The van der Waals surface area contributed by atoms with Gasteiger partial charge in [-0.25, -0.2) is 14.6 Å². The average Bonchev–Trinajstić information content (AvgIpc) is 1.45. The van der Waals surface area contributed by atoms with E-state index >= 15 is 0 Å². The second-order valence-electron chi connectivity index (χ2n) is 25.7. The van der Waals surface area contributed by atoms with E-state index in [1.807, 2.05) is 49.3 Å². The van der Waals surface area contributed by atoms with Crippen LogP contribution in [0.3, 0.4) is 0 Å². The summed E-state index contributed by atoms with van der Waals surface area (Å²) in [7, 11) is 4.82. The molecule has 0 radical (unpaired) electrons. The Morgan fingerprint density at radius 1 is 0.821 bits per heavy atom. The molecule has 1 saturated heterocycles. The van der Waals surface area contributed by atoms with Gasteiger partial charge in [-0.05, 0) is 99.8 Å². The molecule has 0 aliphatic carbocycles. The lowest BCUT2D eigenvalue weighted by Gasteiger charge is -2.41. The van der Waals surface area contributed by atoms with E-state index in [-0.39, 0.29) is 92.7 Å². The molecule has 3 heterocycles. The van der Waals surface area contributed by atoms with Crippen LogP contribution in [0, 0.1) is 23.7 Å². The summed E-state index contributed by atoms with van der Waals surface area (Å²) in [6, 6.07) is 11.0. The number of hydrogen-bond acceptors (Lipinski definition) is 16. The van der Waals surface area contributed by atoms with Gasteiger partial charge in [-0.15, -0.1) is 11.3 Å². The number of rotatable bonds is 38. The second-order valence-corrected chi connectivity index (χ2v) is 27.1. The fourth-order valence-corrected chi connectivity index (χ4v) is 13.0. The standard InChI is InChI=1S/C68H100N12O13S2/c1-13-43(6)58(51(91-11)39-55(84)78-36-21-25-49(78)59(92-12)44(7)61(94)73-48(62-71-34-37-95-62)38-45-22-16-14-17-23-45)77(10)63(86)56(41(2)3)75-65(88)68(8,9)76-67(90)93-40-46-27-29-47(30-28-46)80(50(60(69)85)24-20-33-72-66(70)89)64(87)57(42(4)5)74-52(81)26-18-15-19-35-79-53(82)31-32-54(79)83/h14,16-17,22-23,27-32,34,37,41-44,48-51,56-59H,13,15,18-21,24-26,33,35-36,38-40H2,1-12H3,(H2,69,85)(H,73,94)(H,74,81)(H,75,88)(H,76,90)(H3,70,72,89)/t43-,44+,48-,49-,50-,51+,56-,57-,58-,59+/m0/s1. The number of thiazole rings is 1. The van der Waals surface area contributed by atoms with Crippen molar-refractivity contribution in [3.05, 3.63) is 94.5 Å². The number of urea groups is 1. The Morgan fingerprint density at radius 2 is 1.47 bits per heavy atom. The lowest BCUT2D eigenvalue weighted by atomic mass is 9.89. The molecule has 27 heteroatoms. The Morgan fingerprint density at radius 3 is 2.05 bits per heavy atom. The fraction of sp³-hybridized carbons (Fsp3) is 0.588. The van der Waals surface area contributed by atoms with Gasteiger partial charge in [-0.2, -0.15) is 0 Å². The summed E-state index contributed by atoms with van der Waals surface area (Å²) in [5.74, 6) is -5.29. The van der Waals surface area contributed by atoms with Crippen molar-refractivity contribution in [3.8, 4) is 0 Å². The number of thiocarbonyl (C=S) groups is 1. The average molecular weight is 1360 g/mol. The molecular formula is C68H100N12O13S2. The molecule has 25 nitrogen and oxygen atoms in total. The zero-order chi connectivity index (χ0) is 70.3. The predicted molar refractivity (Wildman–Crippen MR) is 366 cm³/mol. The number of nitrogens with zero attached hydrogens (tertiary/aromatic N) is 5. The van der Waals surface area contributed by atoms with Crippen LogP contribution in [0.15, 0.2) is 78.3 Å². The molecule has 2 aliphatic rings. The molecule has 3 aromatic rings. The summed E-state index contributed by atoms with van der Waals surface area (Å²) in [4.78, 5) is 145. The van der Waals surface area contributed by atoms with Crippen LogP contribution in [0.2, 0.25) is 0 Å². The highest BCUT2D eigenvalue weighted by Gasteiger charge is 2.44. The lowest BCUT2D eigenvalue weighted by molar-refractivity contribution is -0.147. The van der Waals surface area contributed by atoms with Gasteiger partial charge in [0.05, 0.1) is 41.7 Å². The number of methoxy groups -OCH3 is 2. The number of alkyl carbamates (subject to hydrolysis) is 1. The number of hydrogen-bond donors (Lipinski definition) is 7. The van der Waals surface area contributed by atoms with Gasteiger partial charge < -0.3 is 62.1 Å². The van der Waals surface area contributed by atoms with Crippen LogP contribution >= 0.6 is 23.6 Å². The number of likely N-dealkylation sites (N-methyl/N-ethyl adjacent to an activating group) is 1. The summed E-state index contributed by atoms with van der Waals surface area (Å²) in [5.41, 5.74) is 11.4. The lowest BCUT2D eigenvalue weighted by Crippen LogP contribution is -2.62. The summed E-state index contributed by atoms with van der Waals surface area (Å²) in [6.07, 6.45) is 6.43. The van der Waals surface area contributed by atoms with Crippen LogP contribution in [0.25, 0.3) is 0 Å². The summed E-state index contributed by atoms with van der Waals surface area (Å²) >= 11 is 7.64. The first-order valence-electron chi connectivity index (χ1n) is 32.7. The normalized spacial score (nSPS) is 16.8. The molecule has 10 atom stereocenters. The third-order valence-electron chi connectivity index (χ3n) is 17.7. The number of imide groups is 1. The van der Waals surface area contributed by atoms with Crippen molar-refractivity contribution in [1.82, 2.24) is 46.3 Å². The van der Waals surface area contributed by atoms with E-state index in [1.54, 1.807) is 76.4 Å². The first kappa shape index (κ1) is 77.8. The molecular weight excluding hydrogens is 1260 g/mol. The summed E-state index contributed by atoms with van der Waals surface area (Å²) in [6.45, 7) is 16.5. The smallest absolute Gasteiger partial charge is 0.408 e. The highest BCUT2D eigenvalue weighted by atomic mass is 32.1. The van der Waals surface area contributed by atoms with Crippen LogP contribution in [0.5, 0.6) is 0 Å². The minimum atomic E-state index is -1.62. The molecule has 11 amide bonds. The van der Waals surface area contributed by atoms with Crippen molar-refractivity contribution < 1.29 is 62.2 Å². The molecule has 5 rings (SSSR count). The Hall–Kier alpha value is -7.88. The van der Waals surface area contributed by atoms with Gasteiger partial charge in [0.15, 0.2) is 0 Å². The van der Waals surface area contributed by atoms with Gasteiger partial charge in [0.25, 0.3) is 17.7 Å². The number of carbonyl (C=O) groups excluding carboxylic acids is 10. The maximum Gasteiger partial charge on any atom is 0.408 e. The predicted octanol–water partition coefficient (Wildman–Crippen LogP) is 6.37. The Labute approximate surface area is 568 Å². The number of anilines is 1. The molecule has 9 N–H and O–H groups in total. The number of amides is 11. The summed E-state index contributed by atoms with van der Waals surface area (Å²) in [5, 5.41) is 17.2. The zero-order valence-corrected chi connectivity index (χ0v) is 58.7. The van der Waals surface area contributed by atoms with Crippen LogP contribution in [-0.2, 0) is 65.6 Å². The largest absolute Gasteiger partial charge is 0.445 e. The molecule has 1 aromatic heterocycles. The van der Waals surface area contributed by atoms with Gasteiger partial charge >= 0.3 is 12.1 Å². The van der Waals surface area contributed by atoms with Gasteiger partial charge in [0, 0.05) is 82.7 Å². The van der Waals surface area contributed by atoms with Crippen LogP contribution in [0.4, 0.5) is 15.3 Å². The highest BCUT2D eigenvalue weighted by molar-refractivity contribution is 7.80. The van der Waals surface area contributed by atoms with Crippen molar-refractivity contribution in [2.45, 2.75) is 194 Å². The van der Waals surface area contributed by atoms with Crippen LogP contribution in [-0.4, -0.2) is 173 Å². The Bertz CT molecular complexity index is 3100. The van der Waals surface area contributed by atoms with Crippen LogP contribution < -0.4 is 43.0 Å². The van der Waals surface area contributed by atoms with Crippen molar-refractivity contribution in [3.63, 3.8) is 0 Å². The Balaban J connectivity index is 1.22. The van der Waals surface area contributed by atoms with Crippen molar-refractivity contribution in [2.75, 3.05) is 45.8 Å². The van der Waals surface area contributed by atoms with Gasteiger partial charge in [-0.3, -0.25) is 48.2 Å². The number of benzene rings is 2. The minimum Gasteiger partial charge on any atom is -0.445 e. The molecule has 522 valence electrons. The van der Waals surface area contributed by atoms with Gasteiger partial charge in [-0.1, -0.05) is 116 Å². The van der Waals surface area contributed by atoms with Crippen molar-refractivity contribution in [2.24, 2.45) is 35.1 Å². The number of primary amides is 2. The number of aromatic nitrogens is 1. The molecule has 0 unspecified atom stereocenters. The van der Waals surface area contributed by atoms with E-state index in [9.17, 15) is 47.9 Å². The molecule has 0 bridgehead atoms. The van der Waals surface area contributed by atoms with E-state index in [0.29, 0.717) is 55.6 Å². The van der Waals surface area contributed by atoms with Gasteiger partial charge in [0.1, 0.15) is 35.3 Å². The van der Waals surface area contributed by atoms with Crippen molar-refractivity contribution >= 4 is 93.6 Å². The van der Waals surface area contributed by atoms with E-state index in [4.69, 9.17) is 37.9 Å². The van der Waals surface area contributed by atoms with E-state index < -0.39 is 95.4 Å². The number of ether oxygens (including phenoxy) is 3.